The zero-order valence-electron chi connectivity index (χ0n) is 7.26. The second kappa shape index (κ2) is 2.64. The highest BCUT2D eigenvalue weighted by molar-refractivity contribution is 4.94. The molecule has 0 bridgehead atoms. The molecule has 70 valence electrons. The molecule has 0 aromatic carbocycles. The maximum absolute atomic E-state index is 12.5. The zero-order valence-corrected chi connectivity index (χ0v) is 7.26. The van der Waals surface area contributed by atoms with Crippen molar-refractivity contribution in [3.05, 3.63) is 0 Å². The first-order valence-electron chi connectivity index (χ1n) is 4.37. The summed E-state index contributed by atoms with van der Waals surface area (Å²) in [5.74, 6) is -2.40. The predicted molar refractivity (Wildman–Crippen MR) is 42.4 cm³/mol. The summed E-state index contributed by atoms with van der Waals surface area (Å²) in [6, 6.07) is 0.384. The molecular weight excluding hydrogens is 162 g/mol. The van der Waals surface area contributed by atoms with Crippen LogP contribution in [0.3, 0.4) is 0 Å². The van der Waals surface area contributed by atoms with E-state index >= 15 is 0 Å². The third kappa shape index (κ3) is 1.45. The third-order valence-electron chi connectivity index (χ3n) is 2.75. The summed E-state index contributed by atoms with van der Waals surface area (Å²) in [5.41, 5.74) is 0. The van der Waals surface area contributed by atoms with Gasteiger partial charge < -0.3 is 4.90 Å². The molecule has 2 rings (SSSR count). The lowest BCUT2D eigenvalue weighted by atomic mass is 10.1. The van der Waals surface area contributed by atoms with Crippen LogP contribution in [0, 0.1) is 0 Å². The Kier molecular flexibility index (Phi) is 1.84. The monoisotopic (exact) mass is 176 g/mol. The largest absolute Gasteiger partial charge is 0.305 e. The van der Waals surface area contributed by atoms with Crippen molar-refractivity contribution in [1.82, 2.24) is 9.80 Å². The maximum Gasteiger partial charge on any atom is 0.272 e. The van der Waals surface area contributed by atoms with E-state index in [0.29, 0.717) is 6.04 Å². The molecule has 12 heavy (non-hydrogen) atoms. The molecule has 4 heteroatoms. The lowest BCUT2D eigenvalue weighted by molar-refractivity contribution is -0.144. The van der Waals surface area contributed by atoms with Crippen LogP contribution in [0.5, 0.6) is 0 Å². The first kappa shape index (κ1) is 8.38. The summed E-state index contributed by atoms with van der Waals surface area (Å²) < 4.78 is 25.0. The number of hydrogen-bond donors (Lipinski definition) is 0. The second-order valence-corrected chi connectivity index (χ2v) is 3.97. The zero-order chi connectivity index (χ0) is 8.77. The van der Waals surface area contributed by atoms with Gasteiger partial charge in [-0.3, -0.25) is 4.90 Å². The van der Waals surface area contributed by atoms with Crippen molar-refractivity contribution in [2.75, 3.05) is 33.2 Å². The average molecular weight is 176 g/mol. The first-order chi connectivity index (χ1) is 5.57. The van der Waals surface area contributed by atoms with Crippen LogP contribution in [0.15, 0.2) is 0 Å². The Morgan fingerprint density at radius 2 is 2.00 bits per heavy atom. The van der Waals surface area contributed by atoms with Crippen LogP contribution in [0.1, 0.15) is 6.42 Å². The average Bonchev–Trinajstić information content (AvgIpc) is 2.30. The van der Waals surface area contributed by atoms with Crippen LogP contribution in [-0.2, 0) is 0 Å². The minimum absolute atomic E-state index is 0.0223. The molecule has 0 saturated carbocycles. The Bertz CT molecular complexity index is 176. The SMILES string of the molecule is CN1CC[C@H](N2CC(F)(F)C2)C1. The lowest BCUT2D eigenvalue weighted by Crippen LogP contribution is -2.60. The van der Waals surface area contributed by atoms with Gasteiger partial charge in [-0.25, -0.2) is 8.78 Å². The number of alkyl halides is 2. The lowest BCUT2D eigenvalue weighted by Gasteiger charge is -2.42. The van der Waals surface area contributed by atoms with Gasteiger partial charge in [0.05, 0.1) is 13.1 Å². The van der Waals surface area contributed by atoms with Crippen molar-refractivity contribution in [3.8, 4) is 0 Å². The Hall–Kier alpha value is -0.220. The van der Waals surface area contributed by atoms with E-state index in [1.807, 2.05) is 11.9 Å². The second-order valence-electron chi connectivity index (χ2n) is 3.97. The molecule has 2 aliphatic heterocycles. The Labute approximate surface area is 71.1 Å². The summed E-state index contributed by atoms with van der Waals surface area (Å²) in [6.07, 6.45) is 1.05. The molecule has 0 amide bonds. The fraction of sp³-hybridized carbons (Fsp3) is 1.00. The standard InChI is InChI=1S/C8H14F2N2/c1-11-3-2-7(4-11)12-5-8(9,10)6-12/h7H,2-6H2,1H3/t7-/m0/s1. The van der Waals surface area contributed by atoms with Gasteiger partial charge in [-0.15, -0.1) is 0 Å². The van der Waals surface area contributed by atoms with Gasteiger partial charge in [0.1, 0.15) is 0 Å². The molecule has 0 radical (unpaired) electrons. The van der Waals surface area contributed by atoms with E-state index in [9.17, 15) is 8.78 Å². The molecule has 0 spiro atoms. The summed E-state index contributed by atoms with van der Waals surface area (Å²) >= 11 is 0. The van der Waals surface area contributed by atoms with Gasteiger partial charge in [-0.1, -0.05) is 0 Å². The van der Waals surface area contributed by atoms with Gasteiger partial charge in [0.2, 0.25) is 0 Å². The van der Waals surface area contributed by atoms with Crippen molar-refractivity contribution < 1.29 is 8.78 Å². The molecular formula is C8H14F2N2. The molecule has 2 saturated heterocycles. The highest BCUT2D eigenvalue weighted by Crippen LogP contribution is 2.30. The minimum Gasteiger partial charge on any atom is -0.305 e. The van der Waals surface area contributed by atoms with Crippen molar-refractivity contribution in [2.45, 2.75) is 18.4 Å². The van der Waals surface area contributed by atoms with Crippen molar-refractivity contribution in [2.24, 2.45) is 0 Å². The van der Waals surface area contributed by atoms with E-state index in [-0.39, 0.29) is 13.1 Å². The van der Waals surface area contributed by atoms with Gasteiger partial charge >= 0.3 is 0 Å². The van der Waals surface area contributed by atoms with Gasteiger partial charge in [-0.05, 0) is 20.0 Å². The fourth-order valence-electron chi connectivity index (χ4n) is 2.02. The Balaban J connectivity index is 1.81. The molecule has 2 heterocycles. The van der Waals surface area contributed by atoms with E-state index in [1.54, 1.807) is 0 Å². The van der Waals surface area contributed by atoms with E-state index in [2.05, 4.69) is 4.90 Å². The van der Waals surface area contributed by atoms with Gasteiger partial charge in [-0.2, -0.15) is 0 Å². The Morgan fingerprint density at radius 1 is 1.33 bits per heavy atom. The summed E-state index contributed by atoms with van der Waals surface area (Å²) in [5, 5.41) is 0. The number of rotatable bonds is 1. The van der Waals surface area contributed by atoms with Gasteiger partial charge in [0.15, 0.2) is 0 Å². The smallest absolute Gasteiger partial charge is 0.272 e. The number of nitrogens with zero attached hydrogens (tertiary/aromatic N) is 2. The number of likely N-dealkylation sites (tertiary alicyclic amines) is 2. The van der Waals surface area contributed by atoms with Crippen LogP contribution in [0.2, 0.25) is 0 Å². The van der Waals surface area contributed by atoms with Crippen LogP contribution < -0.4 is 0 Å². The van der Waals surface area contributed by atoms with Crippen LogP contribution >= 0.6 is 0 Å². The molecule has 0 aromatic rings. The molecule has 2 aliphatic rings. The minimum atomic E-state index is -2.40. The quantitative estimate of drug-likeness (QED) is 0.578. The van der Waals surface area contributed by atoms with Crippen LogP contribution in [-0.4, -0.2) is 55.0 Å². The van der Waals surface area contributed by atoms with E-state index in [0.717, 1.165) is 19.5 Å². The fourth-order valence-corrected chi connectivity index (χ4v) is 2.02. The molecule has 1 atom stereocenters. The van der Waals surface area contributed by atoms with Crippen molar-refractivity contribution in [1.29, 1.82) is 0 Å². The molecule has 0 N–H and O–H groups in total. The van der Waals surface area contributed by atoms with Crippen LogP contribution in [0.25, 0.3) is 0 Å². The topological polar surface area (TPSA) is 6.48 Å². The van der Waals surface area contributed by atoms with E-state index in [1.165, 1.54) is 0 Å². The molecule has 0 aliphatic carbocycles. The molecule has 2 fully saturated rings. The number of halogens is 2. The normalized spacial score (nSPS) is 36.8. The van der Waals surface area contributed by atoms with Crippen molar-refractivity contribution in [3.63, 3.8) is 0 Å². The van der Waals surface area contributed by atoms with Gasteiger partial charge in [0.25, 0.3) is 5.92 Å². The number of hydrogen-bond acceptors (Lipinski definition) is 2. The molecule has 2 nitrogen and oxygen atoms in total. The molecule has 0 unspecified atom stereocenters. The highest BCUT2D eigenvalue weighted by Gasteiger charge is 2.47. The predicted octanol–water partition coefficient (Wildman–Crippen LogP) is 0.641. The summed E-state index contributed by atoms with van der Waals surface area (Å²) in [6.45, 7) is 1.96. The van der Waals surface area contributed by atoms with E-state index in [4.69, 9.17) is 0 Å². The number of likely N-dealkylation sites (N-methyl/N-ethyl adjacent to an activating group) is 1. The summed E-state index contributed by atoms with van der Waals surface area (Å²) in [7, 11) is 2.04. The van der Waals surface area contributed by atoms with Crippen LogP contribution in [0.4, 0.5) is 8.78 Å². The third-order valence-corrected chi connectivity index (χ3v) is 2.75. The van der Waals surface area contributed by atoms with E-state index < -0.39 is 5.92 Å². The maximum atomic E-state index is 12.5. The molecule has 0 aromatic heterocycles. The van der Waals surface area contributed by atoms with Crippen molar-refractivity contribution >= 4 is 0 Å². The first-order valence-corrected chi connectivity index (χ1v) is 4.37. The summed E-state index contributed by atoms with van der Waals surface area (Å²) in [4.78, 5) is 4.09. The Morgan fingerprint density at radius 3 is 2.42 bits per heavy atom. The van der Waals surface area contributed by atoms with Gasteiger partial charge in [0, 0.05) is 12.6 Å². The highest BCUT2D eigenvalue weighted by atomic mass is 19.3.